The van der Waals surface area contributed by atoms with Crippen LogP contribution in [0, 0.1) is 5.92 Å². The zero-order valence-corrected chi connectivity index (χ0v) is 12.0. The Bertz CT molecular complexity index is 370. The van der Waals surface area contributed by atoms with Gasteiger partial charge in [0.1, 0.15) is 0 Å². The summed E-state index contributed by atoms with van der Waals surface area (Å²) in [6.07, 6.45) is 7.23. The predicted octanol–water partition coefficient (Wildman–Crippen LogP) is 5.72. The Labute approximate surface area is 118 Å². The molecule has 0 bridgehead atoms. The van der Waals surface area contributed by atoms with Gasteiger partial charge >= 0.3 is 0 Å². The van der Waals surface area contributed by atoms with Gasteiger partial charge in [0.15, 0.2) is 0 Å². The van der Waals surface area contributed by atoms with Crippen LogP contribution in [0.5, 0.6) is 0 Å². The van der Waals surface area contributed by atoms with Crippen molar-refractivity contribution in [3.8, 4) is 0 Å². The summed E-state index contributed by atoms with van der Waals surface area (Å²) in [4.78, 5) is 0. The molecule has 0 spiro atoms. The van der Waals surface area contributed by atoms with Gasteiger partial charge in [-0.3, -0.25) is 0 Å². The Morgan fingerprint density at radius 2 is 1.88 bits per heavy atom. The van der Waals surface area contributed by atoms with E-state index in [-0.39, 0.29) is 0 Å². The van der Waals surface area contributed by atoms with E-state index in [0.29, 0.717) is 16.3 Å². The molecular formula is C14H17Cl3. The van der Waals surface area contributed by atoms with Gasteiger partial charge < -0.3 is 0 Å². The van der Waals surface area contributed by atoms with Crippen molar-refractivity contribution in [3.63, 3.8) is 0 Å². The summed E-state index contributed by atoms with van der Waals surface area (Å²) in [5, 5.41) is 1.74. The summed E-state index contributed by atoms with van der Waals surface area (Å²) in [5.41, 5.74) is 1.15. The van der Waals surface area contributed by atoms with Crippen molar-refractivity contribution in [1.82, 2.24) is 0 Å². The van der Waals surface area contributed by atoms with E-state index in [1.54, 1.807) is 6.07 Å². The SMILES string of the molecule is Clc1ccc(CCC(Cl)C2CCCC2)c(Cl)c1. The fourth-order valence-corrected chi connectivity index (χ4v) is 3.44. The van der Waals surface area contributed by atoms with Crippen molar-refractivity contribution < 1.29 is 0 Å². The Balaban J connectivity index is 1.88. The van der Waals surface area contributed by atoms with Crippen LogP contribution < -0.4 is 0 Å². The van der Waals surface area contributed by atoms with Gasteiger partial charge in [-0.25, -0.2) is 0 Å². The van der Waals surface area contributed by atoms with E-state index >= 15 is 0 Å². The predicted molar refractivity (Wildman–Crippen MR) is 76.4 cm³/mol. The van der Waals surface area contributed by atoms with Crippen molar-refractivity contribution in [1.29, 1.82) is 0 Å². The summed E-state index contributed by atoms with van der Waals surface area (Å²) in [5.74, 6) is 0.711. The van der Waals surface area contributed by atoms with Crippen LogP contribution in [-0.2, 0) is 6.42 Å². The molecule has 17 heavy (non-hydrogen) atoms. The van der Waals surface area contributed by atoms with Gasteiger partial charge in [0.25, 0.3) is 0 Å². The minimum Gasteiger partial charge on any atom is -0.123 e. The quantitative estimate of drug-likeness (QED) is 0.622. The molecule has 2 rings (SSSR count). The minimum absolute atomic E-state index is 0.296. The lowest BCUT2D eigenvalue weighted by atomic mass is 9.98. The summed E-state index contributed by atoms with van der Waals surface area (Å²) in [6.45, 7) is 0. The molecule has 3 heteroatoms. The number of rotatable bonds is 4. The fraction of sp³-hybridized carbons (Fsp3) is 0.571. The molecule has 0 saturated heterocycles. The second kappa shape index (κ2) is 6.31. The highest BCUT2D eigenvalue weighted by Crippen LogP contribution is 2.33. The largest absolute Gasteiger partial charge is 0.123 e. The first-order chi connectivity index (χ1) is 8.16. The molecule has 0 radical (unpaired) electrons. The molecule has 0 N–H and O–H groups in total. The summed E-state index contributed by atoms with van der Waals surface area (Å²) >= 11 is 18.5. The first-order valence-corrected chi connectivity index (χ1v) is 7.44. The normalized spacial score (nSPS) is 18.5. The van der Waals surface area contributed by atoms with Crippen molar-refractivity contribution in [2.24, 2.45) is 5.92 Å². The van der Waals surface area contributed by atoms with Gasteiger partial charge in [-0.2, -0.15) is 0 Å². The zero-order valence-electron chi connectivity index (χ0n) is 9.76. The second-order valence-corrected chi connectivity index (χ2v) is 6.24. The average Bonchev–Trinajstić information content (AvgIpc) is 2.81. The molecule has 1 aromatic rings. The lowest BCUT2D eigenvalue weighted by Gasteiger charge is -2.16. The molecule has 94 valence electrons. The zero-order chi connectivity index (χ0) is 12.3. The molecule has 0 amide bonds. The molecule has 1 unspecified atom stereocenters. The van der Waals surface area contributed by atoms with E-state index < -0.39 is 0 Å². The third-order valence-corrected chi connectivity index (χ3v) is 4.78. The molecular weight excluding hydrogens is 275 g/mol. The van der Waals surface area contributed by atoms with Crippen LogP contribution in [0.2, 0.25) is 10.0 Å². The molecule has 1 atom stereocenters. The van der Waals surface area contributed by atoms with Crippen LogP contribution in [0.25, 0.3) is 0 Å². The van der Waals surface area contributed by atoms with Gasteiger partial charge in [-0.05, 0) is 49.3 Å². The Morgan fingerprint density at radius 3 is 2.53 bits per heavy atom. The van der Waals surface area contributed by atoms with Crippen molar-refractivity contribution in [2.45, 2.75) is 43.9 Å². The maximum atomic E-state index is 6.45. The Morgan fingerprint density at radius 1 is 1.18 bits per heavy atom. The van der Waals surface area contributed by atoms with Gasteiger partial charge in [-0.15, -0.1) is 11.6 Å². The van der Waals surface area contributed by atoms with E-state index in [0.717, 1.165) is 23.4 Å². The van der Waals surface area contributed by atoms with E-state index in [1.807, 2.05) is 12.1 Å². The second-order valence-electron chi connectivity index (χ2n) is 4.83. The number of aryl methyl sites for hydroxylation is 1. The van der Waals surface area contributed by atoms with Gasteiger partial charge in [0.05, 0.1) is 0 Å². The third kappa shape index (κ3) is 3.77. The molecule has 0 nitrogen and oxygen atoms in total. The lowest BCUT2D eigenvalue weighted by molar-refractivity contribution is 0.492. The molecule has 0 aliphatic heterocycles. The highest BCUT2D eigenvalue weighted by atomic mass is 35.5. The molecule has 1 fully saturated rings. The monoisotopic (exact) mass is 290 g/mol. The molecule has 1 aliphatic carbocycles. The molecule has 0 heterocycles. The van der Waals surface area contributed by atoms with E-state index in [9.17, 15) is 0 Å². The van der Waals surface area contributed by atoms with Gasteiger partial charge in [-0.1, -0.05) is 42.1 Å². The van der Waals surface area contributed by atoms with Crippen molar-refractivity contribution >= 4 is 34.8 Å². The number of hydrogen-bond acceptors (Lipinski definition) is 0. The van der Waals surface area contributed by atoms with Gasteiger partial charge in [0, 0.05) is 15.4 Å². The average molecular weight is 292 g/mol. The van der Waals surface area contributed by atoms with Crippen LogP contribution in [-0.4, -0.2) is 5.38 Å². The molecule has 0 aromatic heterocycles. The lowest BCUT2D eigenvalue weighted by Crippen LogP contribution is -2.12. The van der Waals surface area contributed by atoms with E-state index in [2.05, 4.69) is 0 Å². The summed E-state index contributed by atoms with van der Waals surface area (Å²) in [7, 11) is 0. The van der Waals surface area contributed by atoms with Crippen LogP contribution in [0.3, 0.4) is 0 Å². The Hall–Kier alpha value is 0.0900. The maximum absolute atomic E-state index is 6.45. The Kier molecular flexibility index (Phi) is 5.02. The number of benzene rings is 1. The number of hydrogen-bond donors (Lipinski definition) is 0. The standard InChI is InChI=1S/C14H17Cl3/c15-12-7-5-11(14(17)9-12)6-8-13(16)10-3-1-2-4-10/h5,7,9-10,13H,1-4,6,8H2. The highest BCUT2D eigenvalue weighted by molar-refractivity contribution is 6.35. The number of alkyl halides is 1. The van der Waals surface area contributed by atoms with Crippen molar-refractivity contribution in [2.75, 3.05) is 0 Å². The summed E-state index contributed by atoms with van der Waals surface area (Å²) < 4.78 is 0. The van der Waals surface area contributed by atoms with Crippen LogP contribution in [0.15, 0.2) is 18.2 Å². The number of halogens is 3. The third-order valence-electron chi connectivity index (χ3n) is 3.62. The topological polar surface area (TPSA) is 0 Å². The minimum atomic E-state index is 0.296. The van der Waals surface area contributed by atoms with E-state index in [4.69, 9.17) is 34.8 Å². The van der Waals surface area contributed by atoms with E-state index in [1.165, 1.54) is 25.7 Å². The summed E-state index contributed by atoms with van der Waals surface area (Å²) in [6, 6.07) is 5.70. The maximum Gasteiger partial charge on any atom is 0.0452 e. The first kappa shape index (κ1) is 13.5. The molecule has 1 saturated carbocycles. The molecule has 1 aliphatic rings. The molecule has 1 aromatic carbocycles. The van der Waals surface area contributed by atoms with Gasteiger partial charge in [0.2, 0.25) is 0 Å². The fourth-order valence-electron chi connectivity index (χ4n) is 2.57. The van der Waals surface area contributed by atoms with Crippen molar-refractivity contribution in [3.05, 3.63) is 33.8 Å². The highest BCUT2D eigenvalue weighted by Gasteiger charge is 2.22. The van der Waals surface area contributed by atoms with Crippen LogP contribution >= 0.6 is 34.8 Å². The smallest absolute Gasteiger partial charge is 0.0452 e. The van der Waals surface area contributed by atoms with Crippen LogP contribution in [0.1, 0.15) is 37.7 Å². The first-order valence-electron chi connectivity index (χ1n) is 6.25. The van der Waals surface area contributed by atoms with Crippen LogP contribution in [0.4, 0.5) is 0 Å².